The van der Waals surface area contributed by atoms with E-state index in [0.717, 1.165) is 10.6 Å². The van der Waals surface area contributed by atoms with Gasteiger partial charge in [-0.15, -0.1) is 0 Å². The van der Waals surface area contributed by atoms with E-state index in [1.165, 1.54) is 6.20 Å². The summed E-state index contributed by atoms with van der Waals surface area (Å²) in [5, 5.41) is 27.7. The maximum absolute atomic E-state index is 11.8. The van der Waals surface area contributed by atoms with Gasteiger partial charge in [0.05, 0.1) is 25.7 Å². The molecule has 0 amide bonds. The van der Waals surface area contributed by atoms with E-state index < -0.39 is 42.4 Å². The first-order chi connectivity index (χ1) is 11.1. The summed E-state index contributed by atoms with van der Waals surface area (Å²) >= 11 is 0. The molecule has 1 saturated heterocycles. The van der Waals surface area contributed by atoms with E-state index in [4.69, 9.17) is 19.5 Å². The van der Waals surface area contributed by atoms with Crippen LogP contribution in [0.2, 0.25) is 0 Å². The van der Waals surface area contributed by atoms with Crippen LogP contribution in [0.15, 0.2) is 21.9 Å². The first-order valence-corrected chi connectivity index (χ1v) is 6.90. The van der Waals surface area contributed by atoms with Gasteiger partial charge in [0.2, 0.25) is 0 Å². The van der Waals surface area contributed by atoms with Gasteiger partial charge in [-0.2, -0.15) is 5.26 Å². The summed E-state index contributed by atoms with van der Waals surface area (Å²) in [7, 11) is 0. The Hall–Kier alpha value is -2.03. The van der Waals surface area contributed by atoms with Crippen LogP contribution < -0.4 is 11.2 Å². The SMILES string of the molecule is N#CCCOCO[C@@H]1[C@H](O)[C@@H](CO)O[C@H]1n1ccc(=O)[nH]c1=O. The third kappa shape index (κ3) is 4.04. The second-order valence-corrected chi connectivity index (χ2v) is 4.82. The van der Waals surface area contributed by atoms with Crippen LogP contribution in [0.4, 0.5) is 0 Å². The largest absolute Gasteiger partial charge is 0.394 e. The first kappa shape index (κ1) is 17.3. The molecule has 0 spiro atoms. The van der Waals surface area contributed by atoms with Crippen molar-refractivity contribution in [2.24, 2.45) is 0 Å². The number of ether oxygens (including phenoxy) is 3. The molecule has 0 saturated carbocycles. The Balaban J connectivity index is 2.13. The summed E-state index contributed by atoms with van der Waals surface area (Å²) < 4.78 is 16.9. The van der Waals surface area contributed by atoms with E-state index in [2.05, 4.69) is 4.98 Å². The quantitative estimate of drug-likeness (QED) is 0.387. The molecule has 3 N–H and O–H groups in total. The molecular formula is C13H17N3O7. The lowest BCUT2D eigenvalue weighted by molar-refractivity contribution is -0.139. The lowest BCUT2D eigenvalue weighted by Gasteiger charge is -2.21. The molecule has 0 radical (unpaired) electrons. The van der Waals surface area contributed by atoms with Crippen molar-refractivity contribution in [1.82, 2.24) is 9.55 Å². The monoisotopic (exact) mass is 327 g/mol. The van der Waals surface area contributed by atoms with Gasteiger partial charge >= 0.3 is 5.69 Å². The van der Waals surface area contributed by atoms with E-state index in [1.54, 1.807) is 0 Å². The highest BCUT2D eigenvalue weighted by atomic mass is 16.7. The smallest absolute Gasteiger partial charge is 0.330 e. The molecule has 1 aromatic rings. The number of aromatic amines is 1. The lowest BCUT2D eigenvalue weighted by atomic mass is 10.1. The number of H-pyrrole nitrogens is 1. The minimum absolute atomic E-state index is 0.160. The average molecular weight is 327 g/mol. The van der Waals surface area contributed by atoms with Crippen molar-refractivity contribution in [3.63, 3.8) is 0 Å². The van der Waals surface area contributed by atoms with Gasteiger partial charge in [-0.05, 0) is 0 Å². The van der Waals surface area contributed by atoms with Crippen molar-refractivity contribution in [3.05, 3.63) is 33.1 Å². The van der Waals surface area contributed by atoms with Gasteiger partial charge in [0.25, 0.3) is 5.56 Å². The summed E-state index contributed by atoms with van der Waals surface area (Å²) in [4.78, 5) is 25.0. The zero-order valence-electron chi connectivity index (χ0n) is 12.1. The van der Waals surface area contributed by atoms with E-state index >= 15 is 0 Å². The Labute approximate surface area is 130 Å². The summed E-state index contributed by atoms with van der Waals surface area (Å²) in [6.45, 7) is -0.530. The summed E-state index contributed by atoms with van der Waals surface area (Å²) in [5.74, 6) is 0. The molecule has 1 aliphatic rings. The number of aromatic nitrogens is 2. The minimum atomic E-state index is -1.19. The van der Waals surface area contributed by atoms with Gasteiger partial charge in [-0.3, -0.25) is 14.3 Å². The number of hydrogen-bond donors (Lipinski definition) is 3. The van der Waals surface area contributed by atoms with Crippen LogP contribution >= 0.6 is 0 Å². The second-order valence-electron chi connectivity index (χ2n) is 4.82. The topological polar surface area (TPSA) is 147 Å². The third-order valence-corrected chi connectivity index (χ3v) is 3.32. The fourth-order valence-corrected chi connectivity index (χ4v) is 2.20. The van der Waals surface area contributed by atoms with Crippen LogP contribution in [0.5, 0.6) is 0 Å². The van der Waals surface area contributed by atoms with Crippen LogP contribution in [-0.2, 0) is 14.2 Å². The number of aliphatic hydroxyl groups is 2. The Kier molecular flexibility index (Phi) is 6.03. The van der Waals surface area contributed by atoms with Crippen molar-refractivity contribution in [2.45, 2.75) is 31.0 Å². The average Bonchev–Trinajstić information content (AvgIpc) is 2.83. The van der Waals surface area contributed by atoms with Crippen molar-refractivity contribution in [1.29, 1.82) is 5.26 Å². The van der Waals surface area contributed by atoms with E-state index in [9.17, 15) is 19.8 Å². The number of nitrogens with one attached hydrogen (secondary N) is 1. The van der Waals surface area contributed by atoms with Gasteiger partial charge in [0, 0.05) is 12.3 Å². The Morgan fingerprint density at radius 3 is 2.91 bits per heavy atom. The maximum Gasteiger partial charge on any atom is 0.330 e. The van der Waals surface area contributed by atoms with Gasteiger partial charge in [0.15, 0.2) is 6.23 Å². The van der Waals surface area contributed by atoms with Crippen LogP contribution in [0, 0.1) is 11.3 Å². The molecule has 0 unspecified atom stereocenters. The molecule has 4 atom stereocenters. The molecule has 2 heterocycles. The fourth-order valence-electron chi connectivity index (χ4n) is 2.20. The van der Waals surface area contributed by atoms with Crippen molar-refractivity contribution >= 4 is 0 Å². The Bertz CT molecular complexity index is 665. The summed E-state index contributed by atoms with van der Waals surface area (Å²) in [6, 6.07) is 3.03. The van der Waals surface area contributed by atoms with Crippen molar-refractivity contribution in [3.8, 4) is 6.07 Å². The summed E-state index contributed by atoms with van der Waals surface area (Å²) in [6.07, 6.45) is -2.75. The highest BCUT2D eigenvalue weighted by molar-refractivity contribution is 4.93. The molecule has 0 bridgehead atoms. The van der Waals surface area contributed by atoms with Crippen LogP contribution in [-0.4, -0.2) is 58.1 Å². The zero-order valence-corrected chi connectivity index (χ0v) is 12.1. The van der Waals surface area contributed by atoms with Crippen molar-refractivity contribution in [2.75, 3.05) is 20.0 Å². The van der Waals surface area contributed by atoms with Gasteiger partial charge in [0.1, 0.15) is 25.1 Å². The second kappa shape index (κ2) is 8.00. The first-order valence-electron chi connectivity index (χ1n) is 6.90. The standard InChI is InChI=1S/C13H17N3O7/c14-3-1-5-21-7-22-11-10(19)8(6-17)23-12(11)16-4-2-9(18)15-13(16)20/h2,4,8,10-12,17,19H,1,5-7H2,(H,15,18,20)/t8-,10-,11-,12-/m1/s1. The minimum Gasteiger partial charge on any atom is -0.394 e. The Morgan fingerprint density at radius 2 is 2.26 bits per heavy atom. The molecular weight excluding hydrogens is 310 g/mol. The number of rotatable bonds is 7. The molecule has 23 heavy (non-hydrogen) atoms. The molecule has 0 aromatic carbocycles. The van der Waals surface area contributed by atoms with E-state index in [0.29, 0.717) is 0 Å². The molecule has 2 rings (SSSR count). The molecule has 10 nitrogen and oxygen atoms in total. The normalized spacial score (nSPS) is 27.0. The molecule has 126 valence electrons. The molecule has 0 aliphatic carbocycles. The van der Waals surface area contributed by atoms with Gasteiger partial charge in [-0.25, -0.2) is 4.79 Å². The van der Waals surface area contributed by atoms with Crippen LogP contribution in [0.25, 0.3) is 0 Å². The fraction of sp³-hybridized carbons (Fsp3) is 0.615. The van der Waals surface area contributed by atoms with E-state index in [1.807, 2.05) is 6.07 Å². The van der Waals surface area contributed by atoms with Gasteiger partial charge < -0.3 is 24.4 Å². The number of aliphatic hydroxyl groups excluding tert-OH is 2. The number of nitriles is 1. The molecule has 1 aliphatic heterocycles. The third-order valence-electron chi connectivity index (χ3n) is 3.32. The Morgan fingerprint density at radius 1 is 1.48 bits per heavy atom. The highest BCUT2D eigenvalue weighted by Crippen LogP contribution is 2.30. The van der Waals surface area contributed by atoms with Crippen molar-refractivity contribution < 1.29 is 24.4 Å². The van der Waals surface area contributed by atoms with Crippen LogP contribution in [0.3, 0.4) is 0 Å². The predicted molar refractivity (Wildman–Crippen MR) is 74.2 cm³/mol. The number of hydrogen-bond acceptors (Lipinski definition) is 8. The molecule has 1 aromatic heterocycles. The van der Waals surface area contributed by atoms with E-state index in [-0.39, 0.29) is 19.8 Å². The zero-order chi connectivity index (χ0) is 16.8. The molecule has 10 heteroatoms. The maximum atomic E-state index is 11.8. The highest BCUT2D eigenvalue weighted by Gasteiger charge is 2.45. The number of nitrogens with zero attached hydrogens (tertiary/aromatic N) is 2. The predicted octanol–water partition coefficient (Wildman–Crippen LogP) is -1.94. The lowest BCUT2D eigenvalue weighted by Crippen LogP contribution is -2.39. The molecule has 1 fully saturated rings. The van der Waals surface area contributed by atoms with Gasteiger partial charge in [-0.1, -0.05) is 0 Å². The van der Waals surface area contributed by atoms with Crippen LogP contribution in [0.1, 0.15) is 12.6 Å². The summed E-state index contributed by atoms with van der Waals surface area (Å²) in [5.41, 5.74) is -1.30.